The minimum absolute atomic E-state index is 0.00379. The van der Waals surface area contributed by atoms with Crippen LogP contribution in [0.5, 0.6) is 0 Å². The third-order valence-electron chi connectivity index (χ3n) is 3.66. The summed E-state index contributed by atoms with van der Waals surface area (Å²) in [6, 6.07) is 0. The number of unbranched alkanes of at least 4 members (excludes halogenated alkanes) is 1. The SMILES string of the molecule is CC(=O)NCCCCON.CCC(C)(C)OCCC(C)(C)OC. The fourth-order valence-corrected chi connectivity index (χ4v) is 1.35. The summed E-state index contributed by atoms with van der Waals surface area (Å²) < 4.78 is 11.0. The molecule has 1 amide bonds. The maximum absolute atomic E-state index is 10.3. The molecule has 0 aliphatic carbocycles. The number of hydrogen-bond donors (Lipinski definition) is 2. The zero-order valence-electron chi connectivity index (χ0n) is 16.2. The van der Waals surface area contributed by atoms with E-state index in [0.29, 0.717) is 13.2 Å². The van der Waals surface area contributed by atoms with Gasteiger partial charge in [0, 0.05) is 20.6 Å². The summed E-state index contributed by atoms with van der Waals surface area (Å²) in [5.41, 5.74) is -0.0619. The summed E-state index contributed by atoms with van der Waals surface area (Å²) >= 11 is 0. The van der Waals surface area contributed by atoms with E-state index in [9.17, 15) is 4.79 Å². The van der Waals surface area contributed by atoms with E-state index in [1.54, 1.807) is 7.11 Å². The molecule has 6 nitrogen and oxygen atoms in total. The minimum atomic E-state index is -0.0657. The summed E-state index contributed by atoms with van der Waals surface area (Å²) in [6.07, 6.45) is 3.78. The molecule has 0 unspecified atom stereocenters. The van der Waals surface area contributed by atoms with Crippen molar-refractivity contribution in [1.29, 1.82) is 0 Å². The van der Waals surface area contributed by atoms with Gasteiger partial charge in [0.1, 0.15) is 0 Å². The first-order chi connectivity index (χ1) is 10.6. The Labute approximate surface area is 142 Å². The lowest BCUT2D eigenvalue weighted by atomic mass is 10.0. The Hall–Kier alpha value is -0.690. The number of rotatable bonds is 11. The molecule has 0 aliphatic rings. The fourth-order valence-electron chi connectivity index (χ4n) is 1.35. The molecule has 0 aromatic heterocycles. The van der Waals surface area contributed by atoms with E-state index in [-0.39, 0.29) is 17.1 Å². The van der Waals surface area contributed by atoms with E-state index in [4.69, 9.17) is 15.4 Å². The number of amides is 1. The van der Waals surface area contributed by atoms with Gasteiger partial charge in [0.2, 0.25) is 5.91 Å². The zero-order chi connectivity index (χ0) is 18.4. The van der Waals surface area contributed by atoms with Crippen molar-refractivity contribution in [3.63, 3.8) is 0 Å². The smallest absolute Gasteiger partial charge is 0.216 e. The molecule has 0 aromatic rings. The van der Waals surface area contributed by atoms with Gasteiger partial charge in [-0.2, -0.15) is 0 Å². The highest BCUT2D eigenvalue weighted by molar-refractivity contribution is 5.72. The van der Waals surface area contributed by atoms with Gasteiger partial charge in [-0.1, -0.05) is 6.92 Å². The molecule has 23 heavy (non-hydrogen) atoms. The second-order valence-electron chi connectivity index (χ2n) is 6.74. The highest BCUT2D eigenvalue weighted by Gasteiger charge is 2.19. The summed E-state index contributed by atoms with van der Waals surface area (Å²) in [4.78, 5) is 14.6. The Balaban J connectivity index is 0. The largest absolute Gasteiger partial charge is 0.379 e. The van der Waals surface area contributed by atoms with Crippen LogP contribution in [-0.4, -0.2) is 44.0 Å². The first kappa shape index (κ1) is 24.6. The van der Waals surface area contributed by atoms with Crippen LogP contribution < -0.4 is 11.2 Å². The Morgan fingerprint density at radius 1 is 1.09 bits per heavy atom. The van der Waals surface area contributed by atoms with Gasteiger partial charge in [-0.15, -0.1) is 0 Å². The number of ether oxygens (including phenoxy) is 2. The van der Waals surface area contributed by atoms with Crippen LogP contribution >= 0.6 is 0 Å². The molecule has 0 spiro atoms. The maximum Gasteiger partial charge on any atom is 0.216 e. The van der Waals surface area contributed by atoms with Crippen molar-refractivity contribution >= 4 is 5.91 Å². The van der Waals surface area contributed by atoms with Crippen LogP contribution in [0.2, 0.25) is 0 Å². The fraction of sp³-hybridized carbons (Fsp3) is 0.941. The predicted octanol–water partition coefficient (Wildman–Crippen LogP) is 2.80. The minimum Gasteiger partial charge on any atom is -0.379 e. The molecule has 0 saturated carbocycles. The summed E-state index contributed by atoms with van der Waals surface area (Å²) in [5, 5.41) is 2.67. The van der Waals surface area contributed by atoms with Gasteiger partial charge in [0.05, 0.1) is 24.4 Å². The number of nitrogens with one attached hydrogen (secondary N) is 1. The lowest BCUT2D eigenvalue weighted by Gasteiger charge is -2.27. The van der Waals surface area contributed by atoms with Crippen molar-refractivity contribution in [2.75, 3.05) is 26.9 Å². The van der Waals surface area contributed by atoms with Gasteiger partial charge in [-0.3, -0.25) is 4.79 Å². The van der Waals surface area contributed by atoms with Crippen LogP contribution in [0.1, 0.15) is 67.2 Å². The molecule has 0 heterocycles. The van der Waals surface area contributed by atoms with Gasteiger partial charge in [0.25, 0.3) is 0 Å². The Bertz CT molecular complexity index is 278. The average Bonchev–Trinajstić information content (AvgIpc) is 2.47. The van der Waals surface area contributed by atoms with Crippen molar-refractivity contribution in [1.82, 2.24) is 5.32 Å². The van der Waals surface area contributed by atoms with Crippen LogP contribution in [0.3, 0.4) is 0 Å². The molecule has 0 radical (unpaired) electrons. The Kier molecular flexibility index (Phi) is 14.7. The number of hydrogen-bond acceptors (Lipinski definition) is 5. The number of carbonyl (C=O) groups is 1. The molecular formula is C17H38N2O4. The molecule has 0 bridgehead atoms. The first-order valence-electron chi connectivity index (χ1n) is 8.35. The normalized spacial score (nSPS) is 11.7. The van der Waals surface area contributed by atoms with E-state index < -0.39 is 0 Å². The number of carbonyl (C=O) groups excluding carboxylic acids is 1. The van der Waals surface area contributed by atoms with E-state index in [1.165, 1.54) is 6.92 Å². The molecule has 3 N–H and O–H groups in total. The Morgan fingerprint density at radius 2 is 1.70 bits per heavy atom. The first-order valence-corrected chi connectivity index (χ1v) is 8.35. The van der Waals surface area contributed by atoms with Crippen molar-refractivity contribution in [3.8, 4) is 0 Å². The van der Waals surface area contributed by atoms with E-state index in [2.05, 4.69) is 44.8 Å². The van der Waals surface area contributed by atoms with Crippen LogP contribution in [0.4, 0.5) is 0 Å². The van der Waals surface area contributed by atoms with Crippen molar-refractivity contribution < 1.29 is 19.1 Å². The molecule has 0 fully saturated rings. The molecule has 0 atom stereocenters. The van der Waals surface area contributed by atoms with Crippen molar-refractivity contribution in [2.45, 2.75) is 78.4 Å². The molecule has 6 heteroatoms. The molecule has 0 aromatic carbocycles. The van der Waals surface area contributed by atoms with Crippen LogP contribution in [-0.2, 0) is 19.1 Å². The summed E-state index contributed by atoms with van der Waals surface area (Å²) in [6.45, 7) is 14.1. The summed E-state index contributed by atoms with van der Waals surface area (Å²) in [5.74, 6) is 4.79. The second-order valence-corrected chi connectivity index (χ2v) is 6.74. The molecule has 0 aliphatic heterocycles. The van der Waals surface area contributed by atoms with Gasteiger partial charge < -0.3 is 19.6 Å². The summed E-state index contributed by atoms with van der Waals surface area (Å²) in [7, 11) is 1.74. The Morgan fingerprint density at radius 3 is 2.13 bits per heavy atom. The highest BCUT2D eigenvalue weighted by atomic mass is 16.6. The van der Waals surface area contributed by atoms with E-state index in [0.717, 1.165) is 32.3 Å². The van der Waals surface area contributed by atoms with Crippen molar-refractivity contribution in [3.05, 3.63) is 0 Å². The van der Waals surface area contributed by atoms with Gasteiger partial charge >= 0.3 is 0 Å². The van der Waals surface area contributed by atoms with Gasteiger partial charge in [0.15, 0.2) is 0 Å². The van der Waals surface area contributed by atoms with Crippen LogP contribution in [0.15, 0.2) is 0 Å². The van der Waals surface area contributed by atoms with Gasteiger partial charge in [-0.05, 0) is 53.4 Å². The number of methoxy groups -OCH3 is 1. The zero-order valence-corrected chi connectivity index (χ0v) is 16.2. The maximum atomic E-state index is 10.3. The predicted molar refractivity (Wildman–Crippen MR) is 94.1 cm³/mol. The molecular weight excluding hydrogens is 296 g/mol. The van der Waals surface area contributed by atoms with Crippen LogP contribution in [0, 0.1) is 0 Å². The average molecular weight is 335 g/mol. The van der Waals surface area contributed by atoms with Gasteiger partial charge in [-0.25, -0.2) is 5.90 Å². The highest BCUT2D eigenvalue weighted by Crippen LogP contribution is 2.18. The second kappa shape index (κ2) is 13.7. The lowest BCUT2D eigenvalue weighted by Crippen LogP contribution is -2.29. The molecule has 0 saturated heterocycles. The quantitative estimate of drug-likeness (QED) is 0.448. The third kappa shape index (κ3) is 19.3. The standard InChI is InChI=1S/C11H24O2.C6H14N2O2/c1-7-10(2,3)13-9-8-11(4,5)12-6;1-6(9)8-4-2-3-5-10-7/h7-9H2,1-6H3;2-5,7H2,1H3,(H,8,9). The molecule has 0 rings (SSSR count). The van der Waals surface area contributed by atoms with Crippen molar-refractivity contribution in [2.24, 2.45) is 5.90 Å². The van der Waals surface area contributed by atoms with Crippen LogP contribution in [0.25, 0.3) is 0 Å². The lowest BCUT2D eigenvalue weighted by molar-refractivity contribution is -0.118. The third-order valence-corrected chi connectivity index (χ3v) is 3.66. The molecule has 140 valence electrons. The monoisotopic (exact) mass is 334 g/mol. The van der Waals surface area contributed by atoms with E-state index in [1.807, 2.05) is 0 Å². The topological polar surface area (TPSA) is 82.8 Å². The van der Waals surface area contributed by atoms with E-state index >= 15 is 0 Å². The number of nitrogens with two attached hydrogens (primary N) is 1.